The fraction of sp³-hybridized carbons (Fsp3) is 0.258. The predicted octanol–water partition coefficient (Wildman–Crippen LogP) is 13.9. The zero-order chi connectivity index (χ0) is 63.3. The van der Waals surface area contributed by atoms with Gasteiger partial charge in [0.15, 0.2) is 0 Å². The first-order valence-electron chi connectivity index (χ1n) is 28.4. The molecule has 0 radical (unpaired) electrons. The number of carbonyl (C=O) groups is 3. The van der Waals surface area contributed by atoms with Crippen LogP contribution in [0.4, 0.5) is 17.5 Å². The molecule has 6 aromatic carbocycles. The number of methoxy groups -OCH3 is 1. The van der Waals surface area contributed by atoms with E-state index in [0.717, 1.165) is 135 Å². The summed E-state index contributed by atoms with van der Waals surface area (Å²) in [7, 11) is 1.43. The first-order valence-corrected chi connectivity index (χ1v) is 30.7. The maximum Gasteiger partial charge on any atom is 0.327 e. The van der Waals surface area contributed by atoms with Crippen LogP contribution >= 0.6 is 69.6 Å². The Morgan fingerprint density at radius 1 is 0.528 bits per heavy atom. The highest BCUT2D eigenvalue weighted by molar-refractivity contribution is 6.36. The monoisotopic (exact) mass is 1320 g/mol. The van der Waals surface area contributed by atoms with Gasteiger partial charge < -0.3 is 39.7 Å². The van der Waals surface area contributed by atoms with E-state index in [0.29, 0.717) is 56.3 Å². The maximum atomic E-state index is 12.1. The number of aliphatic carboxylic acids is 1. The standard InChI is InChI=1S/C22H20Cl2N4O2.C21H19Cl2N3O2.C20H19Cl2N3O.C3H4O2/c1-2-21(30)28-8-7-27(11-16(28)12-29)22-18-9-17(14-3-5-15(23)6-4-14)19(24)10-20(18)25-13-26-22;1-28-21(27)14-3-2-8-26(11-14)20-17-9-16(13-4-6-15(22)7-5-13)18(23)10-19(17)24-12-25-20;21-15-5-3-14(4-6-15)16-8-17-19(9-18(16)22)23-12-24-20(17)25-7-1-2-13(10-25)11-26;1-2-3(4)5/h2-6,9-10,13,16,29H,1,7-8,11-12H2;4-7,9-10,12,14H,2-3,8,11H2,1H3;3-6,8-9,12-13,26H,1-2,7,10-11H2;2H,1H2,(H,4,5)/t16-;14-;13-;/m000./s1. The van der Waals surface area contributed by atoms with Crippen molar-refractivity contribution in [1.29, 1.82) is 0 Å². The molecule has 460 valence electrons. The third-order valence-corrected chi connectivity index (χ3v) is 17.2. The number of carboxylic acids is 1. The number of fused-ring (bicyclic) bond motifs is 3. The molecule has 3 N–H and O–H groups in total. The summed E-state index contributed by atoms with van der Waals surface area (Å²) in [5.74, 6) is 1.26. The summed E-state index contributed by atoms with van der Waals surface area (Å²) < 4.78 is 4.94. The fourth-order valence-corrected chi connectivity index (χ4v) is 12.2. The van der Waals surface area contributed by atoms with Gasteiger partial charge in [-0.25, -0.2) is 34.7 Å². The molecule has 12 rings (SSSR count). The number of amides is 1. The lowest BCUT2D eigenvalue weighted by Crippen LogP contribution is -2.56. The average molecular weight is 1320 g/mol. The van der Waals surface area contributed by atoms with Gasteiger partial charge in [0.2, 0.25) is 5.91 Å². The summed E-state index contributed by atoms with van der Waals surface area (Å²) >= 11 is 37.6. The Morgan fingerprint density at radius 3 is 1.29 bits per heavy atom. The number of carboxylic acid groups (broad SMARTS) is 1. The molecule has 0 saturated carbocycles. The van der Waals surface area contributed by atoms with Crippen LogP contribution < -0.4 is 14.7 Å². The highest BCUT2D eigenvalue weighted by atomic mass is 35.5. The first-order chi connectivity index (χ1) is 43.0. The van der Waals surface area contributed by atoms with Gasteiger partial charge in [-0.05, 0) is 127 Å². The number of hydrogen-bond donors (Lipinski definition) is 3. The normalized spacial score (nSPS) is 16.5. The third-order valence-electron chi connectivity index (χ3n) is 15.5. The van der Waals surface area contributed by atoms with Crippen LogP contribution in [0.1, 0.15) is 25.7 Å². The molecule has 3 aliphatic rings. The molecule has 3 saturated heterocycles. The SMILES string of the molecule is C=CC(=O)N1CCN(c2ncnc3cc(Cl)c(-c4ccc(Cl)cc4)cc23)C[C@H]1CO.C=CC(=O)O.COC(=O)[C@H]1CCCN(c2ncnc3cc(Cl)c(-c4ccc(Cl)cc4)cc23)C1.OC[C@H]1CCCN(c2ncnc3cc(Cl)c(-c4ccc(Cl)cc4)cc23)C1. The van der Waals surface area contributed by atoms with Gasteiger partial charge in [0.25, 0.3) is 0 Å². The lowest BCUT2D eigenvalue weighted by molar-refractivity contribution is -0.145. The summed E-state index contributed by atoms with van der Waals surface area (Å²) in [6, 6.07) is 33.9. The van der Waals surface area contributed by atoms with Gasteiger partial charge in [0, 0.05) is 106 Å². The van der Waals surface area contributed by atoms with Gasteiger partial charge in [0.1, 0.15) is 36.4 Å². The van der Waals surface area contributed by atoms with E-state index in [-0.39, 0.29) is 43.0 Å². The third kappa shape index (κ3) is 16.0. The Labute approximate surface area is 544 Å². The van der Waals surface area contributed by atoms with Crippen LogP contribution in [0, 0.1) is 11.8 Å². The van der Waals surface area contributed by atoms with E-state index in [9.17, 15) is 24.6 Å². The maximum absolute atomic E-state index is 12.1. The highest BCUT2D eigenvalue weighted by Gasteiger charge is 2.32. The van der Waals surface area contributed by atoms with Crippen molar-refractivity contribution >= 4 is 138 Å². The van der Waals surface area contributed by atoms with E-state index in [1.165, 1.54) is 25.8 Å². The van der Waals surface area contributed by atoms with Crippen LogP contribution in [0.15, 0.2) is 153 Å². The quantitative estimate of drug-likeness (QED) is 0.0812. The second-order valence-corrected chi connectivity index (χ2v) is 23.7. The Balaban J connectivity index is 0.000000153. The largest absolute Gasteiger partial charge is 0.478 e. The van der Waals surface area contributed by atoms with Crippen LogP contribution in [-0.4, -0.2) is 140 Å². The Kier molecular flexibility index (Phi) is 22.7. The summed E-state index contributed by atoms with van der Waals surface area (Å²) in [6.07, 6.45) is 10.6. The summed E-state index contributed by atoms with van der Waals surface area (Å²) in [5.41, 5.74) is 7.92. The van der Waals surface area contributed by atoms with E-state index in [4.69, 9.17) is 79.4 Å². The zero-order valence-electron chi connectivity index (χ0n) is 48.3. The number of aromatic nitrogens is 6. The van der Waals surface area contributed by atoms with Crippen molar-refractivity contribution in [2.24, 2.45) is 11.8 Å². The van der Waals surface area contributed by atoms with E-state index in [2.05, 4.69) is 63.8 Å². The van der Waals surface area contributed by atoms with Gasteiger partial charge in [0.05, 0.1) is 57.3 Å². The minimum Gasteiger partial charge on any atom is -0.478 e. The van der Waals surface area contributed by atoms with Crippen molar-refractivity contribution in [3.8, 4) is 33.4 Å². The van der Waals surface area contributed by atoms with Gasteiger partial charge in [-0.2, -0.15) is 0 Å². The van der Waals surface area contributed by atoms with Crippen molar-refractivity contribution in [2.75, 3.05) is 80.8 Å². The molecular formula is C66H62Cl6N10O7. The van der Waals surface area contributed by atoms with Gasteiger partial charge in [-0.1, -0.05) is 119 Å². The molecule has 0 bridgehead atoms. The fourth-order valence-electron chi connectivity index (χ4n) is 11.0. The molecule has 1 amide bonds. The minimum atomic E-state index is -0.981. The number of carbonyl (C=O) groups excluding carboxylic acids is 2. The molecule has 9 aromatic rings. The smallest absolute Gasteiger partial charge is 0.327 e. The molecule has 17 nitrogen and oxygen atoms in total. The van der Waals surface area contributed by atoms with Gasteiger partial charge in [-0.3, -0.25) is 9.59 Å². The number of nitrogens with zero attached hydrogens (tertiary/aromatic N) is 10. The number of aliphatic hydroxyl groups excluding tert-OH is 2. The zero-order valence-corrected chi connectivity index (χ0v) is 52.9. The highest BCUT2D eigenvalue weighted by Crippen LogP contribution is 2.40. The average Bonchev–Trinajstić information content (AvgIpc) is 1.75. The number of anilines is 3. The number of ether oxygens (including phenoxy) is 1. The second-order valence-electron chi connectivity index (χ2n) is 21.2. The number of rotatable bonds is 11. The number of piperazine rings is 1. The van der Waals surface area contributed by atoms with Crippen molar-refractivity contribution in [3.63, 3.8) is 0 Å². The van der Waals surface area contributed by atoms with Crippen molar-refractivity contribution in [1.82, 2.24) is 34.8 Å². The number of aliphatic hydroxyl groups is 2. The molecule has 23 heteroatoms. The molecule has 3 aliphatic heterocycles. The number of benzene rings is 6. The van der Waals surface area contributed by atoms with Crippen LogP contribution in [0.3, 0.4) is 0 Å². The summed E-state index contributed by atoms with van der Waals surface area (Å²) in [5, 5.41) is 33.6. The molecule has 0 spiro atoms. The Morgan fingerprint density at radius 2 is 0.921 bits per heavy atom. The van der Waals surface area contributed by atoms with E-state index >= 15 is 0 Å². The molecule has 89 heavy (non-hydrogen) atoms. The Bertz CT molecular complexity index is 4020. The topological polar surface area (TPSA) is 211 Å². The first kappa shape index (κ1) is 65.7. The lowest BCUT2D eigenvalue weighted by Gasteiger charge is -2.41. The Hall–Kier alpha value is -7.71. The number of piperidine rings is 2. The number of hydrogen-bond acceptors (Lipinski definition) is 15. The second kappa shape index (κ2) is 30.7. The summed E-state index contributed by atoms with van der Waals surface area (Å²) in [6.45, 7) is 11.2. The molecule has 0 aliphatic carbocycles. The van der Waals surface area contributed by atoms with Crippen molar-refractivity contribution in [3.05, 3.63) is 184 Å². The van der Waals surface area contributed by atoms with Crippen LogP contribution in [0.25, 0.3) is 66.1 Å². The molecule has 3 aromatic heterocycles. The van der Waals surface area contributed by atoms with Crippen LogP contribution in [0.5, 0.6) is 0 Å². The molecular weight excluding hydrogens is 1260 g/mol. The van der Waals surface area contributed by atoms with Crippen LogP contribution in [-0.2, 0) is 19.1 Å². The molecule has 3 fully saturated rings. The van der Waals surface area contributed by atoms with Crippen molar-refractivity contribution in [2.45, 2.75) is 31.7 Å². The van der Waals surface area contributed by atoms with E-state index < -0.39 is 5.97 Å². The molecule has 0 unspecified atom stereocenters. The van der Waals surface area contributed by atoms with E-state index in [1.807, 2.05) is 103 Å². The van der Waals surface area contributed by atoms with Gasteiger partial charge >= 0.3 is 11.9 Å². The number of esters is 1. The number of halogens is 6. The van der Waals surface area contributed by atoms with E-state index in [1.54, 1.807) is 11.2 Å². The van der Waals surface area contributed by atoms with Crippen LogP contribution in [0.2, 0.25) is 30.1 Å². The predicted molar refractivity (Wildman–Crippen MR) is 357 cm³/mol. The summed E-state index contributed by atoms with van der Waals surface area (Å²) in [4.78, 5) is 68.2. The lowest BCUT2D eigenvalue weighted by atomic mass is 9.97. The molecule has 3 atom stereocenters. The minimum absolute atomic E-state index is 0.138. The molecule has 6 heterocycles. The van der Waals surface area contributed by atoms with Crippen molar-refractivity contribution < 1.29 is 34.4 Å². The van der Waals surface area contributed by atoms with Gasteiger partial charge in [-0.15, -0.1) is 0 Å².